The first-order chi connectivity index (χ1) is 11.5. The van der Waals surface area contributed by atoms with Crippen LogP contribution in [0, 0.1) is 12.8 Å². The van der Waals surface area contributed by atoms with Crippen LogP contribution < -0.4 is 0 Å². The Morgan fingerprint density at radius 1 is 1.50 bits per heavy atom. The van der Waals surface area contributed by atoms with Crippen molar-refractivity contribution in [1.82, 2.24) is 25.0 Å². The molecule has 1 saturated carbocycles. The molecule has 0 bridgehead atoms. The number of imidazole rings is 1. The number of aromatic nitrogens is 4. The molecule has 4 rings (SSSR count). The van der Waals surface area contributed by atoms with Gasteiger partial charge in [0.15, 0.2) is 5.82 Å². The molecular formula is C17H23N5O2. The van der Waals surface area contributed by atoms with Crippen LogP contribution in [0.5, 0.6) is 0 Å². The summed E-state index contributed by atoms with van der Waals surface area (Å²) < 4.78 is 5.63. The summed E-state index contributed by atoms with van der Waals surface area (Å²) in [5.74, 6) is 2.86. The highest BCUT2D eigenvalue weighted by atomic mass is 16.5. The summed E-state index contributed by atoms with van der Waals surface area (Å²) in [4.78, 5) is 26.5. The maximum absolute atomic E-state index is 12.8. The molecule has 3 heterocycles. The summed E-state index contributed by atoms with van der Waals surface area (Å²) in [6, 6.07) is 0. The number of aryl methyl sites for hydroxylation is 1. The van der Waals surface area contributed by atoms with Crippen LogP contribution >= 0.6 is 0 Å². The molecule has 7 heteroatoms. The second kappa shape index (κ2) is 5.43. The number of fused-ring (bicyclic) bond motifs is 1. The molecule has 1 aliphatic carbocycles. The minimum Gasteiger partial charge on any atom is -0.339 e. The molecule has 128 valence electrons. The molecule has 1 saturated heterocycles. The second-order valence-corrected chi connectivity index (χ2v) is 7.43. The van der Waals surface area contributed by atoms with Gasteiger partial charge in [0.25, 0.3) is 5.91 Å². The summed E-state index contributed by atoms with van der Waals surface area (Å²) in [6.45, 7) is 7.36. The molecule has 0 radical (unpaired) electrons. The Balaban J connectivity index is 1.62. The quantitative estimate of drug-likeness (QED) is 0.934. The molecule has 2 aromatic heterocycles. The zero-order valence-corrected chi connectivity index (χ0v) is 14.4. The van der Waals surface area contributed by atoms with E-state index in [0.29, 0.717) is 24.0 Å². The predicted molar refractivity (Wildman–Crippen MR) is 86.6 cm³/mol. The fourth-order valence-electron chi connectivity index (χ4n) is 4.17. The van der Waals surface area contributed by atoms with Crippen molar-refractivity contribution in [3.63, 3.8) is 0 Å². The molecule has 0 spiro atoms. The Labute approximate surface area is 140 Å². The van der Waals surface area contributed by atoms with Crippen molar-refractivity contribution in [3.8, 4) is 0 Å². The van der Waals surface area contributed by atoms with Crippen LogP contribution in [0.25, 0.3) is 0 Å². The highest BCUT2D eigenvalue weighted by Gasteiger charge is 2.55. The maximum Gasteiger partial charge on any atom is 0.271 e. The Bertz CT molecular complexity index is 765. The van der Waals surface area contributed by atoms with Crippen molar-refractivity contribution in [3.05, 3.63) is 29.4 Å². The van der Waals surface area contributed by atoms with E-state index in [1.165, 1.54) is 0 Å². The molecule has 24 heavy (non-hydrogen) atoms. The predicted octanol–water partition coefficient (Wildman–Crippen LogP) is 2.42. The lowest BCUT2D eigenvalue weighted by Gasteiger charge is -2.24. The first kappa shape index (κ1) is 15.4. The van der Waals surface area contributed by atoms with Crippen LogP contribution in [0.4, 0.5) is 0 Å². The third-order valence-corrected chi connectivity index (χ3v) is 5.48. The highest BCUT2D eigenvalue weighted by Crippen LogP contribution is 2.50. The topological polar surface area (TPSA) is 87.9 Å². The van der Waals surface area contributed by atoms with Crippen molar-refractivity contribution in [2.24, 2.45) is 5.92 Å². The number of aromatic amines is 1. The van der Waals surface area contributed by atoms with E-state index >= 15 is 0 Å². The van der Waals surface area contributed by atoms with Crippen molar-refractivity contribution in [2.75, 3.05) is 13.1 Å². The number of hydrogen-bond donors (Lipinski definition) is 1. The van der Waals surface area contributed by atoms with E-state index in [4.69, 9.17) is 4.52 Å². The Kier molecular flexibility index (Phi) is 3.47. The molecule has 0 unspecified atom stereocenters. The number of likely N-dealkylation sites (tertiary alicyclic amines) is 1. The van der Waals surface area contributed by atoms with Crippen molar-refractivity contribution >= 4 is 5.91 Å². The lowest BCUT2D eigenvalue weighted by molar-refractivity contribution is 0.0769. The fraction of sp³-hybridized carbons (Fsp3) is 0.647. The van der Waals surface area contributed by atoms with E-state index in [1.54, 1.807) is 6.20 Å². The third-order valence-electron chi connectivity index (χ3n) is 5.48. The van der Waals surface area contributed by atoms with E-state index < -0.39 is 0 Å². The monoisotopic (exact) mass is 329 g/mol. The van der Waals surface area contributed by atoms with Crippen LogP contribution in [0.3, 0.4) is 0 Å². The van der Waals surface area contributed by atoms with Gasteiger partial charge in [-0.3, -0.25) is 4.79 Å². The summed E-state index contributed by atoms with van der Waals surface area (Å²) in [7, 11) is 0. The van der Waals surface area contributed by atoms with Crippen LogP contribution in [-0.4, -0.2) is 44.0 Å². The Morgan fingerprint density at radius 3 is 3.00 bits per heavy atom. The van der Waals surface area contributed by atoms with E-state index in [-0.39, 0.29) is 17.2 Å². The number of rotatable bonds is 3. The molecule has 2 aliphatic rings. The van der Waals surface area contributed by atoms with Gasteiger partial charge in [0.1, 0.15) is 11.5 Å². The van der Waals surface area contributed by atoms with Crippen molar-refractivity contribution < 1.29 is 9.32 Å². The van der Waals surface area contributed by atoms with Crippen molar-refractivity contribution in [2.45, 2.75) is 51.4 Å². The Morgan fingerprint density at radius 2 is 2.33 bits per heavy atom. The zero-order chi connectivity index (χ0) is 16.9. The zero-order valence-electron chi connectivity index (χ0n) is 14.4. The first-order valence-corrected chi connectivity index (χ1v) is 8.64. The van der Waals surface area contributed by atoms with E-state index in [9.17, 15) is 4.79 Å². The molecule has 1 N–H and O–H groups in total. The van der Waals surface area contributed by atoms with Gasteiger partial charge in [-0.05, 0) is 25.7 Å². The lowest BCUT2D eigenvalue weighted by atomic mass is 9.80. The number of hydrogen-bond acceptors (Lipinski definition) is 5. The number of amides is 1. The SMILES string of the molecule is Cc1ncc(C(=O)N2C[C@@H]3CCC[C@]3(c3nc(C(C)C)no3)C2)[nH]1. The van der Waals surface area contributed by atoms with E-state index in [1.807, 2.05) is 11.8 Å². The number of carbonyl (C=O) groups excluding carboxylic acids is 1. The highest BCUT2D eigenvalue weighted by molar-refractivity contribution is 5.92. The summed E-state index contributed by atoms with van der Waals surface area (Å²) in [6.07, 6.45) is 4.87. The molecule has 7 nitrogen and oxygen atoms in total. The summed E-state index contributed by atoms with van der Waals surface area (Å²) in [5.41, 5.74) is 0.376. The van der Waals surface area contributed by atoms with Gasteiger partial charge >= 0.3 is 0 Å². The van der Waals surface area contributed by atoms with Gasteiger partial charge in [-0.1, -0.05) is 25.4 Å². The van der Waals surface area contributed by atoms with Gasteiger partial charge in [-0.15, -0.1) is 0 Å². The maximum atomic E-state index is 12.8. The van der Waals surface area contributed by atoms with Crippen LogP contribution in [0.15, 0.2) is 10.7 Å². The number of nitrogens with zero attached hydrogens (tertiary/aromatic N) is 4. The van der Waals surface area contributed by atoms with Gasteiger partial charge in [-0.25, -0.2) is 4.98 Å². The molecule has 2 atom stereocenters. The summed E-state index contributed by atoms with van der Waals surface area (Å²) >= 11 is 0. The molecular weight excluding hydrogens is 306 g/mol. The van der Waals surface area contributed by atoms with Crippen LogP contribution in [0.2, 0.25) is 0 Å². The Hall–Kier alpha value is -2.18. The fourth-order valence-corrected chi connectivity index (χ4v) is 4.17. The van der Waals surface area contributed by atoms with Gasteiger partial charge in [0, 0.05) is 19.0 Å². The smallest absolute Gasteiger partial charge is 0.271 e. The minimum atomic E-state index is -0.176. The second-order valence-electron chi connectivity index (χ2n) is 7.43. The molecule has 0 aromatic carbocycles. The molecule has 2 aromatic rings. The number of nitrogens with one attached hydrogen (secondary N) is 1. The van der Waals surface area contributed by atoms with E-state index in [2.05, 4.69) is 34.0 Å². The average Bonchev–Trinajstić information content (AvgIpc) is 3.28. The average molecular weight is 329 g/mol. The van der Waals surface area contributed by atoms with E-state index in [0.717, 1.165) is 37.5 Å². The van der Waals surface area contributed by atoms with Crippen molar-refractivity contribution in [1.29, 1.82) is 0 Å². The molecule has 2 fully saturated rings. The van der Waals surface area contributed by atoms with Crippen LogP contribution in [0.1, 0.15) is 67.1 Å². The van der Waals surface area contributed by atoms with Gasteiger partial charge in [-0.2, -0.15) is 4.98 Å². The number of H-pyrrole nitrogens is 1. The van der Waals surface area contributed by atoms with Gasteiger partial charge < -0.3 is 14.4 Å². The standard InChI is InChI=1S/C17H23N5O2/c1-10(2)14-20-16(24-21-14)17-6-4-5-12(17)8-22(9-17)15(23)13-7-18-11(3)19-13/h7,10,12H,4-6,8-9H2,1-3H3,(H,18,19)/t12-,17-/m0/s1. The minimum absolute atomic E-state index is 0.00738. The van der Waals surface area contributed by atoms with Gasteiger partial charge in [0.2, 0.25) is 5.89 Å². The van der Waals surface area contributed by atoms with Crippen LogP contribution in [-0.2, 0) is 5.41 Å². The first-order valence-electron chi connectivity index (χ1n) is 8.64. The van der Waals surface area contributed by atoms with Gasteiger partial charge in [0.05, 0.1) is 11.6 Å². The lowest BCUT2D eigenvalue weighted by Crippen LogP contribution is -2.35. The third kappa shape index (κ3) is 2.25. The normalized spacial score (nSPS) is 26.3. The number of carbonyl (C=O) groups is 1. The largest absolute Gasteiger partial charge is 0.339 e. The summed E-state index contributed by atoms with van der Waals surface area (Å²) in [5, 5.41) is 4.14. The molecule has 1 aliphatic heterocycles. The molecule has 1 amide bonds.